The number of hydrogen-bond acceptors (Lipinski definition) is 3. The maximum Gasteiger partial charge on any atom is 0.402 e. The van der Waals surface area contributed by atoms with Gasteiger partial charge >= 0.3 is 6.18 Å². The number of alkyl halides is 3. The number of aromatic amines is 1. The molecule has 1 aromatic rings. The van der Waals surface area contributed by atoms with Crippen molar-refractivity contribution >= 4 is 10.0 Å². The summed E-state index contributed by atoms with van der Waals surface area (Å²) in [6.07, 6.45) is -2.01. The van der Waals surface area contributed by atoms with Crippen LogP contribution in [0.2, 0.25) is 0 Å². The van der Waals surface area contributed by atoms with Crippen LogP contribution in [0.15, 0.2) is 11.1 Å². The van der Waals surface area contributed by atoms with E-state index in [1.807, 2.05) is 0 Å². The number of hydrogen-bond donors (Lipinski definition) is 1. The van der Waals surface area contributed by atoms with Crippen LogP contribution in [0.1, 0.15) is 25.5 Å². The summed E-state index contributed by atoms with van der Waals surface area (Å²) in [5.41, 5.74) is 0.236. The summed E-state index contributed by atoms with van der Waals surface area (Å²) >= 11 is 0. The largest absolute Gasteiger partial charge is 0.402 e. The van der Waals surface area contributed by atoms with Gasteiger partial charge in [-0.1, -0.05) is 0 Å². The third-order valence-corrected chi connectivity index (χ3v) is 5.51. The molecule has 0 bridgehead atoms. The van der Waals surface area contributed by atoms with Gasteiger partial charge in [-0.25, -0.2) is 8.42 Å². The molecule has 1 atom stereocenters. The highest BCUT2D eigenvalue weighted by Crippen LogP contribution is 2.38. The Morgan fingerprint density at radius 3 is 2.50 bits per heavy atom. The summed E-state index contributed by atoms with van der Waals surface area (Å²) < 4.78 is 63.5. The Bertz CT molecular complexity index is 578. The van der Waals surface area contributed by atoms with E-state index < -0.39 is 28.8 Å². The Kier molecular flexibility index (Phi) is 3.85. The van der Waals surface area contributed by atoms with E-state index in [0.29, 0.717) is 4.31 Å². The van der Waals surface area contributed by atoms with Gasteiger partial charge < -0.3 is 0 Å². The minimum atomic E-state index is -4.58. The molecule has 5 nitrogen and oxygen atoms in total. The number of halogens is 3. The molecule has 0 radical (unpaired) electrons. The van der Waals surface area contributed by atoms with Gasteiger partial charge in [-0.15, -0.1) is 0 Å². The van der Waals surface area contributed by atoms with E-state index in [2.05, 4.69) is 10.2 Å². The highest BCUT2D eigenvalue weighted by Gasteiger charge is 2.44. The van der Waals surface area contributed by atoms with Crippen LogP contribution >= 0.6 is 0 Å². The topological polar surface area (TPSA) is 66.1 Å². The Labute approximate surface area is 115 Å². The summed E-state index contributed by atoms with van der Waals surface area (Å²) in [6, 6.07) is -0.670. The fourth-order valence-electron chi connectivity index (χ4n) is 2.16. The van der Waals surface area contributed by atoms with Crippen LogP contribution in [0.5, 0.6) is 0 Å². The fourth-order valence-corrected chi connectivity index (χ4v) is 3.96. The van der Waals surface area contributed by atoms with E-state index in [1.165, 1.54) is 13.8 Å². The van der Waals surface area contributed by atoms with Crippen LogP contribution in [0.25, 0.3) is 0 Å². The molecule has 0 aliphatic heterocycles. The molecule has 1 heterocycles. The molecule has 0 spiro atoms. The lowest BCUT2D eigenvalue weighted by atomic mass is 10.2. The average molecular weight is 311 g/mol. The molecule has 0 saturated heterocycles. The molecule has 1 N–H and O–H groups in total. The maximum absolute atomic E-state index is 12.7. The van der Waals surface area contributed by atoms with Crippen molar-refractivity contribution in [1.29, 1.82) is 0 Å². The van der Waals surface area contributed by atoms with E-state index in [9.17, 15) is 21.6 Å². The van der Waals surface area contributed by atoms with Gasteiger partial charge in [-0.3, -0.25) is 5.10 Å². The van der Waals surface area contributed by atoms with E-state index in [-0.39, 0.29) is 16.5 Å². The summed E-state index contributed by atoms with van der Waals surface area (Å²) in [6.45, 7) is 1.52. The summed E-state index contributed by atoms with van der Waals surface area (Å²) in [5, 5.41) is 6.01. The fraction of sp³-hybridized carbons (Fsp3) is 0.727. The van der Waals surface area contributed by atoms with Crippen molar-refractivity contribution in [1.82, 2.24) is 14.5 Å². The molecule has 1 unspecified atom stereocenters. The zero-order valence-corrected chi connectivity index (χ0v) is 11.9. The molecular formula is C11H16F3N3O2S. The van der Waals surface area contributed by atoms with Crippen molar-refractivity contribution in [3.63, 3.8) is 0 Å². The SMILES string of the molecule is Cc1[nH]ncc1S(=O)(=O)N(CC(F)(F)F)C(C)C1CC1. The third kappa shape index (κ3) is 3.14. The Hall–Kier alpha value is -1.09. The second-order valence-corrected chi connectivity index (χ2v) is 6.96. The molecule has 1 aliphatic rings. The maximum atomic E-state index is 12.7. The summed E-state index contributed by atoms with van der Waals surface area (Å²) in [4.78, 5) is -0.200. The summed E-state index contributed by atoms with van der Waals surface area (Å²) in [5.74, 6) is -0.000618. The molecule has 0 amide bonds. The highest BCUT2D eigenvalue weighted by molar-refractivity contribution is 7.89. The normalized spacial score (nSPS) is 18.5. The molecule has 20 heavy (non-hydrogen) atoms. The molecule has 0 aromatic carbocycles. The van der Waals surface area contributed by atoms with Crippen LogP contribution in [0, 0.1) is 12.8 Å². The second-order valence-electron chi connectivity index (χ2n) is 5.10. The smallest absolute Gasteiger partial charge is 0.281 e. The third-order valence-electron chi connectivity index (χ3n) is 3.46. The lowest BCUT2D eigenvalue weighted by molar-refractivity contribution is -0.139. The summed E-state index contributed by atoms with van der Waals surface area (Å²) in [7, 11) is -4.21. The average Bonchev–Trinajstić information content (AvgIpc) is 3.06. The van der Waals surface area contributed by atoms with Gasteiger partial charge in [0.25, 0.3) is 0 Å². The molecule has 1 aliphatic carbocycles. The number of nitrogens with one attached hydrogen (secondary N) is 1. The lowest BCUT2D eigenvalue weighted by Gasteiger charge is -2.29. The van der Waals surface area contributed by atoms with Crippen molar-refractivity contribution < 1.29 is 21.6 Å². The zero-order chi connectivity index (χ0) is 15.1. The Morgan fingerprint density at radius 2 is 2.10 bits per heavy atom. The Morgan fingerprint density at radius 1 is 1.50 bits per heavy atom. The monoisotopic (exact) mass is 311 g/mol. The van der Waals surface area contributed by atoms with Gasteiger partial charge in [0.15, 0.2) is 0 Å². The van der Waals surface area contributed by atoms with Crippen molar-refractivity contribution in [2.75, 3.05) is 6.54 Å². The van der Waals surface area contributed by atoms with E-state index >= 15 is 0 Å². The first kappa shape index (κ1) is 15.3. The highest BCUT2D eigenvalue weighted by atomic mass is 32.2. The van der Waals surface area contributed by atoms with Gasteiger partial charge in [0.2, 0.25) is 10.0 Å². The van der Waals surface area contributed by atoms with Crippen LogP contribution in [-0.2, 0) is 10.0 Å². The van der Waals surface area contributed by atoms with Gasteiger partial charge in [-0.05, 0) is 32.6 Å². The Balaban J connectivity index is 2.37. The minimum Gasteiger partial charge on any atom is -0.281 e. The molecule has 114 valence electrons. The van der Waals surface area contributed by atoms with Crippen LogP contribution in [0.3, 0.4) is 0 Å². The molecule has 1 saturated carbocycles. The first-order valence-corrected chi connectivity index (χ1v) is 7.65. The molecule has 9 heteroatoms. The van der Waals surface area contributed by atoms with E-state index in [1.54, 1.807) is 0 Å². The minimum absolute atomic E-state index is 0.000618. The predicted molar refractivity (Wildman–Crippen MR) is 65.5 cm³/mol. The standard InChI is InChI=1S/C11H16F3N3O2S/c1-7-10(5-15-16-7)20(18,19)17(6-11(12,13)14)8(2)9-3-4-9/h5,8-9H,3-4,6H2,1-2H3,(H,15,16). The first-order chi connectivity index (χ1) is 9.13. The molecule has 2 rings (SSSR count). The molecule has 1 fully saturated rings. The quantitative estimate of drug-likeness (QED) is 0.905. The van der Waals surface area contributed by atoms with Gasteiger partial charge in [0.1, 0.15) is 11.4 Å². The van der Waals surface area contributed by atoms with Crippen molar-refractivity contribution in [2.24, 2.45) is 5.92 Å². The number of aryl methyl sites for hydroxylation is 1. The zero-order valence-electron chi connectivity index (χ0n) is 11.1. The van der Waals surface area contributed by atoms with Gasteiger partial charge in [0, 0.05) is 6.04 Å². The second kappa shape index (κ2) is 5.03. The van der Waals surface area contributed by atoms with Crippen LogP contribution in [-0.4, -0.2) is 41.7 Å². The first-order valence-electron chi connectivity index (χ1n) is 6.21. The lowest BCUT2D eigenvalue weighted by Crippen LogP contribution is -2.45. The number of nitrogens with zero attached hydrogens (tertiary/aromatic N) is 2. The van der Waals surface area contributed by atoms with Crippen LogP contribution in [0.4, 0.5) is 13.2 Å². The number of aromatic nitrogens is 2. The van der Waals surface area contributed by atoms with Gasteiger partial charge in [-0.2, -0.15) is 22.6 Å². The van der Waals surface area contributed by atoms with E-state index in [4.69, 9.17) is 0 Å². The van der Waals surface area contributed by atoms with Crippen LogP contribution < -0.4 is 0 Å². The molecular weight excluding hydrogens is 295 g/mol. The molecule has 1 aromatic heterocycles. The van der Waals surface area contributed by atoms with E-state index in [0.717, 1.165) is 19.0 Å². The number of H-pyrrole nitrogens is 1. The van der Waals surface area contributed by atoms with Crippen molar-refractivity contribution in [3.05, 3.63) is 11.9 Å². The number of rotatable bonds is 5. The van der Waals surface area contributed by atoms with Crippen molar-refractivity contribution in [2.45, 2.75) is 43.8 Å². The number of sulfonamides is 1. The van der Waals surface area contributed by atoms with Crippen molar-refractivity contribution in [3.8, 4) is 0 Å². The van der Waals surface area contributed by atoms with Gasteiger partial charge in [0.05, 0.1) is 11.9 Å². The predicted octanol–water partition coefficient (Wildman–Crippen LogP) is 2.07.